The lowest BCUT2D eigenvalue weighted by molar-refractivity contribution is -0.117. The number of rotatable bonds is 6. The molecule has 0 atom stereocenters. The van der Waals surface area contributed by atoms with E-state index in [1.807, 2.05) is 54.6 Å². The third-order valence-electron chi connectivity index (χ3n) is 4.46. The Morgan fingerprint density at radius 1 is 0.893 bits per heavy atom. The molecular formula is C23H22N2O3. The molecule has 0 radical (unpaired) electrons. The van der Waals surface area contributed by atoms with Crippen molar-refractivity contribution in [3.63, 3.8) is 0 Å². The van der Waals surface area contributed by atoms with Crippen LogP contribution in [0.2, 0.25) is 0 Å². The zero-order valence-corrected chi connectivity index (χ0v) is 15.6. The molecule has 0 aromatic heterocycles. The molecule has 0 heterocycles. The second-order valence-corrected chi connectivity index (χ2v) is 6.40. The van der Waals surface area contributed by atoms with Crippen LogP contribution in [0.3, 0.4) is 0 Å². The minimum Gasteiger partial charge on any atom is -0.453 e. The molecule has 3 aromatic carbocycles. The molecule has 0 saturated heterocycles. The van der Waals surface area contributed by atoms with E-state index in [4.69, 9.17) is 5.73 Å². The summed E-state index contributed by atoms with van der Waals surface area (Å²) in [5.41, 5.74) is 11.1. The van der Waals surface area contributed by atoms with Gasteiger partial charge in [0, 0.05) is 12.1 Å². The zero-order valence-electron chi connectivity index (χ0n) is 15.6. The number of methoxy groups -OCH3 is 1. The van der Waals surface area contributed by atoms with Gasteiger partial charge in [0.1, 0.15) is 0 Å². The van der Waals surface area contributed by atoms with Gasteiger partial charge in [-0.15, -0.1) is 0 Å². The van der Waals surface area contributed by atoms with Crippen molar-refractivity contribution in [3.8, 4) is 22.3 Å². The van der Waals surface area contributed by atoms with E-state index in [-0.39, 0.29) is 12.3 Å². The monoisotopic (exact) mass is 374 g/mol. The number of benzene rings is 3. The second kappa shape index (κ2) is 8.86. The van der Waals surface area contributed by atoms with E-state index in [9.17, 15) is 9.59 Å². The lowest BCUT2D eigenvalue weighted by Gasteiger charge is -2.13. The van der Waals surface area contributed by atoms with Crippen molar-refractivity contribution in [2.45, 2.75) is 12.8 Å². The third kappa shape index (κ3) is 4.76. The number of ether oxygens (including phenoxy) is 1. The fraction of sp³-hybridized carbons (Fsp3) is 0.130. The van der Waals surface area contributed by atoms with E-state index in [1.54, 1.807) is 6.07 Å². The lowest BCUT2D eigenvalue weighted by atomic mass is 9.92. The molecule has 5 heteroatoms. The van der Waals surface area contributed by atoms with Crippen molar-refractivity contribution in [3.05, 3.63) is 78.4 Å². The number of hydrogen-bond donors (Lipinski definition) is 2. The van der Waals surface area contributed by atoms with E-state index >= 15 is 0 Å². The van der Waals surface area contributed by atoms with Gasteiger partial charge >= 0.3 is 6.09 Å². The van der Waals surface area contributed by atoms with Crippen LogP contribution in [-0.4, -0.2) is 19.1 Å². The predicted octanol–water partition coefficient (Wildman–Crippen LogP) is 4.62. The molecule has 2 amide bonds. The Balaban J connectivity index is 2.00. The van der Waals surface area contributed by atoms with Crippen molar-refractivity contribution < 1.29 is 14.3 Å². The molecule has 3 aromatic rings. The summed E-state index contributed by atoms with van der Waals surface area (Å²) in [7, 11) is 1.32. The number of hydrogen-bond acceptors (Lipinski definition) is 3. The Morgan fingerprint density at radius 2 is 1.64 bits per heavy atom. The summed E-state index contributed by atoms with van der Waals surface area (Å²) in [6.07, 6.45) is 0.288. The fourth-order valence-electron chi connectivity index (χ4n) is 3.08. The summed E-state index contributed by atoms with van der Waals surface area (Å²) in [5.74, 6) is -0.336. The molecule has 0 bridgehead atoms. The quantitative estimate of drug-likeness (QED) is 0.661. The summed E-state index contributed by atoms with van der Waals surface area (Å²) in [5, 5.41) is 2.67. The van der Waals surface area contributed by atoms with Crippen molar-refractivity contribution in [1.82, 2.24) is 0 Å². The smallest absolute Gasteiger partial charge is 0.411 e. The van der Waals surface area contributed by atoms with Gasteiger partial charge in [-0.3, -0.25) is 10.1 Å². The average Bonchev–Trinajstić information content (AvgIpc) is 2.72. The van der Waals surface area contributed by atoms with Crippen molar-refractivity contribution in [2.75, 3.05) is 12.4 Å². The Labute approximate surface area is 164 Å². The Kier molecular flexibility index (Phi) is 6.07. The van der Waals surface area contributed by atoms with Gasteiger partial charge in [0.25, 0.3) is 0 Å². The zero-order chi connectivity index (χ0) is 19.9. The molecule has 0 spiro atoms. The Hall–Kier alpha value is -3.60. The highest BCUT2D eigenvalue weighted by atomic mass is 16.5. The highest BCUT2D eigenvalue weighted by molar-refractivity contribution is 5.86. The first-order valence-corrected chi connectivity index (χ1v) is 8.99. The van der Waals surface area contributed by atoms with Crippen LogP contribution in [0.15, 0.2) is 72.8 Å². The molecule has 0 fully saturated rings. The molecule has 0 aliphatic carbocycles. The molecule has 0 aliphatic rings. The number of nitrogens with two attached hydrogens (primary N) is 1. The predicted molar refractivity (Wildman–Crippen MR) is 111 cm³/mol. The maximum absolute atomic E-state index is 11.5. The van der Waals surface area contributed by atoms with Gasteiger partial charge in [0.15, 0.2) is 0 Å². The van der Waals surface area contributed by atoms with E-state index in [1.165, 1.54) is 7.11 Å². The molecule has 142 valence electrons. The number of primary amides is 1. The number of aryl methyl sites for hydroxylation is 1. The van der Waals surface area contributed by atoms with Crippen molar-refractivity contribution in [1.29, 1.82) is 0 Å². The van der Waals surface area contributed by atoms with E-state index in [2.05, 4.69) is 22.2 Å². The summed E-state index contributed by atoms with van der Waals surface area (Å²) in [6.45, 7) is 0. The van der Waals surface area contributed by atoms with Crippen LogP contribution in [0, 0.1) is 0 Å². The topological polar surface area (TPSA) is 81.4 Å². The highest BCUT2D eigenvalue weighted by Crippen LogP contribution is 2.31. The van der Waals surface area contributed by atoms with Gasteiger partial charge in [-0.25, -0.2) is 4.79 Å². The first-order valence-electron chi connectivity index (χ1n) is 8.99. The van der Waals surface area contributed by atoms with Crippen LogP contribution in [0.25, 0.3) is 22.3 Å². The largest absolute Gasteiger partial charge is 0.453 e. The SMILES string of the molecule is COC(=O)Nc1cccc(-c2ccc(-c3ccccc3)cc2CCC(N)=O)c1. The lowest BCUT2D eigenvalue weighted by Crippen LogP contribution is -2.11. The maximum atomic E-state index is 11.5. The molecule has 5 nitrogen and oxygen atoms in total. The standard InChI is InChI=1S/C23H22N2O3/c1-28-23(27)25-20-9-5-8-18(15-20)21-12-10-17(16-6-3-2-4-7-16)14-19(21)11-13-22(24)26/h2-10,12,14-15H,11,13H2,1H3,(H2,24,26)(H,25,27). The van der Waals surface area contributed by atoms with Crippen LogP contribution in [-0.2, 0) is 16.0 Å². The second-order valence-electron chi connectivity index (χ2n) is 6.40. The van der Waals surface area contributed by atoms with Gasteiger partial charge in [0.2, 0.25) is 5.91 Å². The first kappa shape index (κ1) is 19.2. The normalized spacial score (nSPS) is 10.3. The minimum absolute atomic E-state index is 0.269. The minimum atomic E-state index is -0.523. The van der Waals surface area contributed by atoms with Gasteiger partial charge in [-0.05, 0) is 46.4 Å². The Morgan fingerprint density at radius 3 is 2.36 bits per heavy atom. The van der Waals surface area contributed by atoms with Crippen LogP contribution in [0.5, 0.6) is 0 Å². The molecule has 3 rings (SSSR count). The van der Waals surface area contributed by atoms with Crippen LogP contribution in [0.1, 0.15) is 12.0 Å². The summed E-state index contributed by atoms with van der Waals surface area (Å²) < 4.78 is 4.65. The first-order chi connectivity index (χ1) is 13.6. The number of nitrogens with one attached hydrogen (secondary N) is 1. The van der Waals surface area contributed by atoms with Crippen molar-refractivity contribution in [2.24, 2.45) is 5.73 Å². The molecule has 0 unspecified atom stereocenters. The van der Waals surface area contributed by atoms with Gasteiger partial charge < -0.3 is 10.5 Å². The summed E-state index contributed by atoms with van der Waals surface area (Å²) >= 11 is 0. The molecule has 3 N–H and O–H groups in total. The van der Waals surface area contributed by atoms with E-state index in [0.717, 1.165) is 27.8 Å². The van der Waals surface area contributed by atoms with Gasteiger partial charge in [0.05, 0.1) is 7.11 Å². The van der Waals surface area contributed by atoms with Crippen LogP contribution >= 0.6 is 0 Å². The third-order valence-corrected chi connectivity index (χ3v) is 4.46. The van der Waals surface area contributed by atoms with E-state index in [0.29, 0.717) is 12.1 Å². The molecular weight excluding hydrogens is 352 g/mol. The summed E-state index contributed by atoms with van der Waals surface area (Å²) in [4.78, 5) is 22.8. The average molecular weight is 374 g/mol. The number of carbonyl (C=O) groups excluding carboxylic acids is 2. The number of carbonyl (C=O) groups is 2. The van der Waals surface area contributed by atoms with Gasteiger partial charge in [-0.1, -0.05) is 60.7 Å². The molecule has 0 saturated carbocycles. The fourth-order valence-corrected chi connectivity index (χ4v) is 3.08. The van der Waals surface area contributed by atoms with Crippen LogP contribution < -0.4 is 11.1 Å². The molecule has 0 aliphatic heterocycles. The summed E-state index contributed by atoms with van der Waals surface area (Å²) in [6, 6.07) is 23.7. The number of amides is 2. The maximum Gasteiger partial charge on any atom is 0.411 e. The van der Waals surface area contributed by atoms with Gasteiger partial charge in [-0.2, -0.15) is 0 Å². The van der Waals surface area contributed by atoms with E-state index < -0.39 is 6.09 Å². The van der Waals surface area contributed by atoms with Crippen molar-refractivity contribution >= 4 is 17.7 Å². The highest BCUT2D eigenvalue weighted by Gasteiger charge is 2.10. The Bertz CT molecular complexity index is 984. The molecule has 28 heavy (non-hydrogen) atoms. The number of anilines is 1. The van der Waals surface area contributed by atoms with Crippen LogP contribution in [0.4, 0.5) is 10.5 Å².